The van der Waals surface area contributed by atoms with Crippen LogP contribution in [0.1, 0.15) is 5.56 Å². The standard InChI is InChI=1S/C17H18N4O2/c1-20-16(22)14(12-10-19-13-5-3-2-4-11(12)13)15(17(20)23)21-8-6-18-7-9-21/h2-5,10,18-19H,6-9H2,1H3. The molecule has 2 N–H and O–H groups in total. The third kappa shape index (κ3) is 2.06. The zero-order valence-corrected chi connectivity index (χ0v) is 12.9. The van der Waals surface area contributed by atoms with E-state index in [-0.39, 0.29) is 11.8 Å². The number of fused-ring (bicyclic) bond motifs is 1. The van der Waals surface area contributed by atoms with Gasteiger partial charge in [-0.2, -0.15) is 0 Å². The van der Waals surface area contributed by atoms with Gasteiger partial charge in [-0.1, -0.05) is 18.2 Å². The highest BCUT2D eigenvalue weighted by molar-refractivity contribution is 6.36. The molecule has 0 saturated carbocycles. The van der Waals surface area contributed by atoms with Crippen LogP contribution in [0.2, 0.25) is 0 Å². The highest BCUT2D eigenvalue weighted by atomic mass is 16.2. The Morgan fingerprint density at radius 2 is 1.78 bits per heavy atom. The van der Waals surface area contributed by atoms with Crippen molar-refractivity contribution in [3.63, 3.8) is 0 Å². The van der Waals surface area contributed by atoms with Crippen molar-refractivity contribution >= 4 is 28.3 Å². The molecule has 1 saturated heterocycles. The van der Waals surface area contributed by atoms with Crippen LogP contribution in [0.3, 0.4) is 0 Å². The number of nitrogens with zero attached hydrogens (tertiary/aromatic N) is 2. The molecular formula is C17H18N4O2. The van der Waals surface area contributed by atoms with Gasteiger partial charge in [0, 0.05) is 55.9 Å². The molecule has 2 aliphatic heterocycles. The van der Waals surface area contributed by atoms with Crippen molar-refractivity contribution in [3.8, 4) is 0 Å². The van der Waals surface area contributed by atoms with Gasteiger partial charge in [0.2, 0.25) is 0 Å². The van der Waals surface area contributed by atoms with Crippen molar-refractivity contribution in [3.05, 3.63) is 41.7 Å². The van der Waals surface area contributed by atoms with E-state index in [1.54, 1.807) is 7.05 Å². The number of amides is 2. The zero-order valence-electron chi connectivity index (χ0n) is 12.9. The van der Waals surface area contributed by atoms with Gasteiger partial charge in [-0.15, -0.1) is 0 Å². The number of aromatic nitrogens is 1. The minimum Gasteiger partial charge on any atom is -0.364 e. The first kappa shape index (κ1) is 14.0. The molecule has 118 valence electrons. The molecule has 6 nitrogen and oxygen atoms in total. The zero-order chi connectivity index (χ0) is 16.0. The summed E-state index contributed by atoms with van der Waals surface area (Å²) in [6.45, 7) is 3.09. The van der Waals surface area contributed by atoms with Crippen molar-refractivity contribution in [2.75, 3.05) is 33.2 Å². The van der Waals surface area contributed by atoms with E-state index in [0.29, 0.717) is 11.3 Å². The molecule has 3 heterocycles. The lowest BCUT2D eigenvalue weighted by Crippen LogP contribution is -2.44. The van der Waals surface area contributed by atoms with Crippen LogP contribution in [0, 0.1) is 0 Å². The van der Waals surface area contributed by atoms with E-state index in [9.17, 15) is 9.59 Å². The molecule has 1 aromatic carbocycles. The van der Waals surface area contributed by atoms with Gasteiger partial charge in [-0.3, -0.25) is 14.5 Å². The molecule has 0 aliphatic carbocycles. The van der Waals surface area contributed by atoms with Crippen molar-refractivity contribution < 1.29 is 9.59 Å². The Hall–Kier alpha value is -2.60. The monoisotopic (exact) mass is 310 g/mol. The SMILES string of the molecule is CN1C(=O)C(c2c[nH]c3ccccc23)=C(N2CCNCC2)C1=O. The number of hydrogen-bond acceptors (Lipinski definition) is 4. The van der Waals surface area contributed by atoms with Crippen LogP contribution in [0.15, 0.2) is 36.2 Å². The van der Waals surface area contributed by atoms with Crippen LogP contribution < -0.4 is 5.32 Å². The summed E-state index contributed by atoms with van der Waals surface area (Å²) in [5.41, 5.74) is 2.81. The normalized spacial score (nSPS) is 19.3. The summed E-state index contributed by atoms with van der Waals surface area (Å²) in [6.07, 6.45) is 1.83. The van der Waals surface area contributed by atoms with Crippen LogP contribution >= 0.6 is 0 Å². The number of carbonyl (C=O) groups is 2. The number of H-pyrrole nitrogens is 1. The predicted molar refractivity (Wildman–Crippen MR) is 87.4 cm³/mol. The second-order valence-corrected chi connectivity index (χ2v) is 5.88. The van der Waals surface area contributed by atoms with Gasteiger partial charge in [-0.25, -0.2) is 0 Å². The number of imide groups is 1. The molecule has 2 amide bonds. The number of aromatic amines is 1. The summed E-state index contributed by atoms with van der Waals surface area (Å²) >= 11 is 0. The fourth-order valence-electron chi connectivity index (χ4n) is 3.33. The number of carbonyl (C=O) groups excluding carboxylic acids is 2. The highest BCUT2D eigenvalue weighted by Crippen LogP contribution is 2.34. The summed E-state index contributed by atoms with van der Waals surface area (Å²) in [6, 6.07) is 7.83. The molecular weight excluding hydrogens is 292 g/mol. The molecule has 0 spiro atoms. The van der Waals surface area contributed by atoms with E-state index >= 15 is 0 Å². The van der Waals surface area contributed by atoms with Gasteiger partial charge in [-0.05, 0) is 6.07 Å². The summed E-state index contributed by atoms with van der Waals surface area (Å²) in [7, 11) is 1.55. The summed E-state index contributed by atoms with van der Waals surface area (Å²) in [4.78, 5) is 31.8. The molecule has 1 aromatic heterocycles. The molecule has 23 heavy (non-hydrogen) atoms. The van der Waals surface area contributed by atoms with Crippen molar-refractivity contribution in [1.82, 2.24) is 20.1 Å². The first-order valence-electron chi connectivity index (χ1n) is 7.77. The molecule has 2 aromatic rings. The van der Waals surface area contributed by atoms with Gasteiger partial charge in [0.1, 0.15) is 5.70 Å². The van der Waals surface area contributed by atoms with E-state index in [0.717, 1.165) is 42.6 Å². The van der Waals surface area contributed by atoms with Crippen LogP contribution in [-0.4, -0.2) is 59.8 Å². The molecule has 2 aliphatic rings. The average Bonchev–Trinajstić information content (AvgIpc) is 3.10. The fourth-order valence-corrected chi connectivity index (χ4v) is 3.33. The maximum Gasteiger partial charge on any atom is 0.277 e. The predicted octanol–water partition coefficient (Wildman–Crippen LogP) is 0.783. The fraction of sp³-hybridized carbons (Fsp3) is 0.294. The van der Waals surface area contributed by atoms with E-state index in [1.807, 2.05) is 35.4 Å². The van der Waals surface area contributed by atoms with Crippen molar-refractivity contribution in [2.45, 2.75) is 0 Å². The molecule has 0 unspecified atom stereocenters. The van der Waals surface area contributed by atoms with E-state index in [4.69, 9.17) is 0 Å². The molecule has 6 heteroatoms. The van der Waals surface area contributed by atoms with E-state index in [2.05, 4.69) is 10.3 Å². The van der Waals surface area contributed by atoms with Crippen LogP contribution in [0.25, 0.3) is 16.5 Å². The second-order valence-electron chi connectivity index (χ2n) is 5.88. The number of nitrogens with one attached hydrogen (secondary N) is 2. The van der Waals surface area contributed by atoms with Gasteiger partial charge < -0.3 is 15.2 Å². The maximum atomic E-state index is 12.7. The Morgan fingerprint density at radius 1 is 1.04 bits per heavy atom. The topological polar surface area (TPSA) is 68.4 Å². The van der Waals surface area contributed by atoms with Gasteiger partial charge in [0.05, 0.1) is 5.57 Å². The van der Waals surface area contributed by atoms with Gasteiger partial charge in [0.25, 0.3) is 11.8 Å². The van der Waals surface area contributed by atoms with Gasteiger partial charge >= 0.3 is 0 Å². The number of piperazine rings is 1. The minimum atomic E-state index is -0.228. The number of benzene rings is 1. The second kappa shape index (κ2) is 5.24. The number of rotatable bonds is 2. The smallest absolute Gasteiger partial charge is 0.277 e. The summed E-state index contributed by atoms with van der Waals surface area (Å²) in [5, 5.41) is 4.24. The van der Waals surface area contributed by atoms with E-state index in [1.165, 1.54) is 4.90 Å². The summed E-state index contributed by atoms with van der Waals surface area (Å²) in [5.74, 6) is -0.439. The van der Waals surface area contributed by atoms with Crippen molar-refractivity contribution in [2.24, 2.45) is 0 Å². The Morgan fingerprint density at radius 3 is 2.57 bits per heavy atom. The Labute approximate surface area is 133 Å². The van der Waals surface area contributed by atoms with Crippen LogP contribution in [0.5, 0.6) is 0 Å². The quantitative estimate of drug-likeness (QED) is 0.805. The highest BCUT2D eigenvalue weighted by Gasteiger charge is 2.40. The van der Waals surface area contributed by atoms with E-state index < -0.39 is 0 Å². The lowest BCUT2D eigenvalue weighted by Gasteiger charge is -2.30. The lowest BCUT2D eigenvalue weighted by atomic mass is 10.0. The first-order chi connectivity index (χ1) is 11.2. The number of hydrogen-bond donors (Lipinski definition) is 2. The largest absolute Gasteiger partial charge is 0.364 e. The number of likely N-dealkylation sites (N-methyl/N-ethyl adjacent to an activating group) is 1. The molecule has 0 bridgehead atoms. The molecule has 1 fully saturated rings. The minimum absolute atomic E-state index is 0.211. The number of para-hydroxylation sites is 1. The third-order valence-corrected chi connectivity index (χ3v) is 4.55. The van der Waals surface area contributed by atoms with Crippen LogP contribution in [0.4, 0.5) is 0 Å². The van der Waals surface area contributed by atoms with Crippen LogP contribution in [-0.2, 0) is 9.59 Å². The molecule has 0 radical (unpaired) electrons. The Bertz CT molecular complexity index is 830. The Balaban J connectivity index is 1.92. The molecule has 4 rings (SSSR count). The van der Waals surface area contributed by atoms with Crippen molar-refractivity contribution in [1.29, 1.82) is 0 Å². The summed E-state index contributed by atoms with van der Waals surface area (Å²) < 4.78 is 0. The average molecular weight is 310 g/mol. The maximum absolute atomic E-state index is 12.7. The first-order valence-corrected chi connectivity index (χ1v) is 7.77. The third-order valence-electron chi connectivity index (χ3n) is 4.55. The lowest BCUT2D eigenvalue weighted by molar-refractivity contribution is -0.135. The molecule has 0 atom stereocenters. The Kier molecular flexibility index (Phi) is 3.20. The van der Waals surface area contributed by atoms with Gasteiger partial charge in [0.15, 0.2) is 0 Å².